The average molecular weight is 353 g/mol. The molecular weight excluding hydrogens is 339 g/mol. The van der Waals surface area contributed by atoms with Crippen LogP contribution in [0.15, 0.2) is 18.2 Å². The zero-order valence-electron chi connectivity index (χ0n) is 12.4. The van der Waals surface area contributed by atoms with Crippen molar-refractivity contribution in [2.24, 2.45) is 0 Å². The zero-order chi connectivity index (χ0) is 16.4. The van der Waals surface area contributed by atoms with E-state index in [1.807, 2.05) is 6.07 Å². The molecule has 0 saturated carbocycles. The summed E-state index contributed by atoms with van der Waals surface area (Å²) in [6.45, 7) is 2.90. The Kier molecular flexibility index (Phi) is 4.55. The number of rotatable bonds is 3. The first kappa shape index (κ1) is 15.8. The quantitative estimate of drug-likeness (QED) is 0.849. The minimum Gasteiger partial charge on any atom is -0.494 e. The van der Waals surface area contributed by atoms with Crippen molar-refractivity contribution in [3.05, 3.63) is 34.7 Å². The number of nitriles is 1. The molecule has 5 nitrogen and oxygen atoms in total. The average Bonchev–Trinajstić information content (AvgIpc) is 2.95. The monoisotopic (exact) mass is 352 g/mol. The van der Waals surface area contributed by atoms with Crippen LogP contribution >= 0.6 is 23.1 Å². The van der Waals surface area contributed by atoms with E-state index < -0.39 is 0 Å². The van der Waals surface area contributed by atoms with Crippen LogP contribution in [0.2, 0.25) is 5.15 Å². The van der Waals surface area contributed by atoms with Gasteiger partial charge in [0, 0.05) is 37.9 Å². The molecule has 1 aromatic carbocycles. The molecule has 1 aliphatic heterocycles. The van der Waals surface area contributed by atoms with Gasteiger partial charge in [-0.2, -0.15) is 9.64 Å². The van der Waals surface area contributed by atoms with Gasteiger partial charge in [-0.15, -0.1) is 0 Å². The van der Waals surface area contributed by atoms with Crippen molar-refractivity contribution in [2.45, 2.75) is 0 Å². The summed E-state index contributed by atoms with van der Waals surface area (Å²) in [5, 5.41) is 10.2. The highest BCUT2D eigenvalue weighted by atomic mass is 35.5. The molecule has 23 heavy (non-hydrogen) atoms. The molecule has 8 heteroatoms. The van der Waals surface area contributed by atoms with Crippen LogP contribution in [0.4, 0.5) is 15.1 Å². The first-order valence-electron chi connectivity index (χ1n) is 7.02. The summed E-state index contributed by atoms with van der Waals surface area (Å²) in [7, 11) is 1.45. The van der Waals surface area contributed by atoms with Gasteiger partial charge < -0.3 is 14.5 Å². The number of nitrogens with zero attached hydrogens (tertiary/aromatic N) is 4. The second-order valence-corrected chi connectivity index (χ2v) is 6.17. The molecule has 2 heterocycles. The highest BCUT2D eigenvalue weighted by Crippen LogP contribution is 2.32. The van der Waals surface area contributed by atoms with Gasteiger partial charge in [0.1, 0.15) is 16.6 Å². The molecule has 3 rings (SSSR count). The van der Waals surface area contributed by atoms with Crippen LogP contribution in [-0.2, 0) is 0 Å². The zero-order valence-corrected chi connectivity index (χ0v) is 14.0. The molecule has 0 radical (unpaired) electrons. The topological polar surface area (TPSA) is 52.4 Å². The molecule has 2 aromatic rings. The molecule has 0 bridgehead atoms. The van der Waals surface area contributed by atoms with Crippen molar-refractivity contribution in [1.29, 1.82) is 5.26 Å². The molecule has 1 aliphatic rings. The largest absolute Gasteiger partial charge is 0.494 e. The number of anilines is 2. The third kappa shape index (κ3) is 3.05. The summed E-state index contributed by atoms with van der Waals surface area (Å²) < 4.78 is 22.8. The summed E-state index contributed by atoms with van der Waals surface area (Å²) in [5.74, 6) is -0.126. The Hall–Kier alpha value is -2.04. The fourth-order valence-corrected chi connectivity index (χ4v) is 3.67. The standard InChI is InChI=1S/C15H14ClFN4OS/c1-22-13-3-2-10(8-12(13)17)20-4-6-21(7-5-20)15-11(9-18)14(16)19-23-15/h2-3,8H,4-7H2,1H3. The number of halogens is 2. The van der Waals surface area contributed by atoms with E-state index in [1.54, 1.807) is 6.07 Å². The maximum Gasteiger partial charge on any atom is 0.167 e. The van der Waals surface area contributed by atoms with Crippen molar-refractivity contribution >= 4 is 33.8 Å². The van der Waals surface area contributed by atoms with E-state index in [1.165, 1.54) is 24.7 Å². The van der Waals surface area contributed by atoms with Gasteiger partial charge in [-0.05, 0) is 23.7 Å². The lowest BCUT2D eigenvalue weighted by molar-refractivity contribution is 0.386. The Morgan fingerprint density at radius 1 is 1.30 bits per heavy atom. The number of aromatic nitrogens is 1. The van der Waals surface area contributed by atoms with E-state index in [0.29, 0.717) is 5.56 Å². The maximum atomic E-state index is 13.8. The first-order chi connectivity index (χ1) is 11.1. The van der Waals surface area contributed by atoms with Crippen LogP contribution in [0, 0.1) is 17.1 Å². The molecule has 120 valence electrons. The summed E-state index contributed by atoms with van der Waals surface area (Å²) in [6.07, 6.45) is 0. The van der Waals surface area contributed by atoms with Gasteiger partial charge in [0.05, 0.1) is 7.11 Å². The number of hydrogen-bond acceptors (Lipinski definition) is 6. The predicted molar refractivity (Wildman–Crippen MR) is 89.2 cm³/mol. The molecule has 1 aromatic heterocycles. The second kappa shape index (κ2) is 6.60. The number of hydrogen-bond donors (Lipinski definition) is 0. The third-order valence-electron chi connectivity index (χ3n) is 3.81. The summed E-state index contributed by atoms with van der Waals surface area (Å²) >= 11 is 7.16. The van der Waals surface area contributed by atoms with Crippen LogP contribution in [0.3, 0.4) is 0 Å². The molecule has 0 spiro atoms. The van der Waals surface area contributed by atoms with E-state index in [2.05, 4.69) is 20.2 Å². The highest BCUT2D eigenvalue weighted by Gasteiger charge is 2.23. The fourth-order valence-electron chi connectivity index (χ4n) is 2.59. The van der Waals surface area contributed by atoms with Crippen molar-refractivity contribution < 1.29 is 9.13 Å². The van der Waals surface area contributed by atoms with E-state index in [9.17, 15) is 9.65 Å². The molecular formula is C15H14ClFN4OS. The number of benzene rings is 1. The Morgan fingerprint density at radius 3 is 2.61 bits per heavy atom. The molecule has 1 fully saturated rings. The van der Waals surface area contributed by atoms with Crippen LogP contribution in [0.1, 0.15) is 5.56 Å². The van der Waals surface area contributed by atoms with Crippen molar-refractivity contribution in [3.8, 4) is 11.8 Å². The van der Waals surface area contributed by atoms with Crippen LogP contribution in [0.5, 0.6) is 5.75 Å². The van der Waals surface area contributed by atoms with Gasteiger partial charge in [-0.25, -0.2) is 4.39 Å². The highest BCUT2D eigenvalue weighted by molar-refractivity contribution is 7.10. The second-order valence-electron chi connectivity index (χ2n) is 5.06. The summed E-state index contributed by atoms with van der Waals surface area (Å²) in [6, 6.07) is 7.07. The lowest BCUT2D eigenvalue weighted by Gasteiger charge is -2.36. The van der Waals surface area contributed by atoms with Crippen LogP contribution in [-0.4, -0.2) is 37.7 Å². The first-order valence-corrected chi connectivity index (χ1v) is 8.18. The van der Waals surface area contributed by atoms with Crippen LogP contribution < -0.4 is 14.5 Å². The Morgan fingerprint density at radius 2 is 2.00 bits per heavy atom. The molecule has 0 amide bonds. The molecule has 0 atom stereocenters. The van der Waals surface area contributed by atoms with Gasteiger partial charge in [-0.1, -0.05) is 11.6 Å². The molecule has 1 saturated heterocycles. The minimum absolute atomic E-state index is 0.241. The van der Waals surface area contributed by atoms with Crippen molar-refractivity contribution in [3.63, 3.8) is 0 Å². The number of methoxy groups -OCH3 is 1. The minimum atomic E-state index is -0.367. The Bertz CT molecular complexity index is 752. The smallest absolute Gasteiger partial charge is 0.167 e. The third-order valence-corrected chi connectivity index (χ3v) is 5.09. The van der Waals surface area contributed by atoms with E-state index in [0.717, 1.165) is 36.9 Å². The van der Waals surface area contributed by atoms with Gasteiger partial charge in [-0.3, -0.25) is 0 Å². The van der Waals surface area contributed by atoms with Gasteiger partial charge in [0.25, 0.3) is 0 Å². The molecule has 0 aliphatic carbocycles. The number of piperazine rings is 1. The Balaban J connectivity index is 1.71. The van der Waals surface area contributed by atoms with Crippen molar-refractivity contribution in [1.82, 2.24) is 4.37 Å². The van der Waals surface area contributed by atoms with E-state index in [-0.39, 0.29) is 16.7 Å². The van der Waals surface area contributed by atoms with E-state index in [4.69, 9.17) is 16.3 Å². The summed E-state index contributed by atoms with van der Waals surface area (Å²) in [4.78, 5) is 4.20. The van der Waals surface area contributed by atoms with Crippen LogP contribution in [0.25, 0.3) is 0 Å². The SMILES string of the molecule is COc1ccc(N2CCN(c3snc(Cl)c3C#N)CC2)cc1F. The number of ether oxygens (including phenoxy) is 1. The van der Waals surface area contributed by atoms with E-state index >= 15 is 0 Å². The maximum absolute atomic E-state index is 13.8. The van der Waals surface area contributed by atoms with Gasteiger partial charge in [0.2, 0.25) is 0 Å². The molecule has 0 unspecified atom stereocenters. The molecule has 0 N–H and O–H groups in total. The van der Waals surface area contributed by atoms with Gasteiger partial charge >= 0.3 is 0 Å². The van der Waals surface area contributed by atoms with Crippen molar-refractivity contribution in [2.75, 3.05) is 43.1 Å². The van der Waals surface area contributed by atoms with Gasteiger partial charge in [0.15, 0.2) is 16.7 Å². The lowest BCUT2D eigenvalue weighted by Crippen LogP contribution is -2.46. The Labute approximate surface area is 142 Å². The fraction of sp³-hybridized carbons (Fsp3) is 0.333. The normalized spacial score (nSPS) is 14.7. The lowest BCUT2D eigenvalue weighted by atomic mass is 10.2. The predicted octanol–water partition coefficient (Wildman–Crippen LogP) is 3.14. The summed E-state index contributed by atoms with van der Waals surface area (Å²) in [5.41, 5.74) is 1.26.